The number of carbonyl (C=O) groups is 1. The highest BCUT2D eigenvalue weighted by molar-refractivity contribution is 7.99. The molecule has 1 aliphatic rings. The van der Waals surface area contributed by atoms with Crippen molar-refractivity contribution in [1.82, 2.24) is 0 Å². The zero-order valence-electron chi connectivity index (χ0n) is 10.4. The van der Waals surface area contributed by atoms with Crippen LogP contribution in [0.5, 0.6) is 0 Å². The molecule has 0 fully saturated rings. The molecule has 2 aromatic carbocycles. The monoisotopic (exact) mass is 343 g/mol. The normalized spacial score (nSPS) is 16.8. The maximum Gasteiger partial charge on any atom is 0.257 e. The molecular weight excluding hydrogens is 336 g/mol. The van der Waals surface area contributed by atoms with Gasteiger partial charge in [0.05, 0.1) is 14.9 Å². The van der Waals surface area contributed by atoms with Gasteiger partial charge in [-0.1, -0.05) is 35.0 Å². The molecule has 0 aromatic heterocycles. The SMILES string of the molecule is O=C1Nc2cc(Sc3ccc(Cl)c(Cl)c3)c(F)cc2C1O. The lowest BCUT2D eigenvalue weighted by molar-refractivity contribution is -0.123. The van der Waals surface area contributed by atoms with Gasteiger partial charge in [0.2, 0.25) is 0 Å². The average Bonchev–Trinajstić information content (AvgIpc) is 2.70. The number of hydrogen-bond donors (Lipinski definition) is 2. The fourth-order valence-corrected chi connectivity index (χ4v) is 3.25. The third kappa shape index (κ3) is 2.74. The first-order valence-electron chi connectivity index (χ1n) is 5.91. The molecule has 0 spiro atoms. The highest BCUT2D eigenvalue weighted by Crippen LogP contribution is 2.39. The minimum absolute atomic E-state index is 0.246. The van der Waals surface area contributed by atoms with Crippen molar-refractivity contribution in [2.45, 2.75) is 15.9 Å². The number of anilines is 1. The largest absolute Gasteiger partial charge is 0.378 e. The second-order valence-electron chi connectivity index (χ2n) is 4.44. The summed E-state index contributed by atoms with van der Waals surface area (Å²) in [4.78, 5) is 12.4. The molecule has 0 aliphatic carbocycles. The lowest BCUT2D eigenvalue weighted by Crippen LogP contribution is -2.10. The summed E-state index contributed by atoms with van der Waals surface area (Å²) in [5.41, 5.74) is 0.660. The fraction of sp³-hybridized carbons (Fsp3) is 0.0714. The van der Waals surface area contributed by atoms with E-state index in [1.165, 1.54) is 6.07 Å². The number of carbonyl (C=O) groups excluding carboxylic acids is 1. The number of amides is 1. The van der Waals surface area contributed by atoms with E-state index < -0.39 is 17.8 Å². The first kappa shape index (κ1) is 14.7. The van der Waals surface area contributed by atoms with E-state index in [1.54, 1.807) is 18.2 Å². The number of aliphatic hydroxyl groups excluding tert-OH is 1. The van der Waals surface area contributed by atoms with Gasteiger partial charge in [-0.2, -0.15) is 0 Å². The molecule has 21 heavy (non-hydrogen) atoms. The zero-order valence-corrected chi connectivity index (χ0v) is 12.7. The number of hydrogen-bond acceptors (Lipinski definition) is 3. The van der Waals surface area contributed by atoms with Crippen LogP contribution in [0.4, 0.5) is 10.1 Å². The Morgan fingerprint density at radius 1 is 1.19 bits per heavy atom. The smallest absolute Gasteiger partial charge is 0.257 e. The van der Waals surface area contributed by atoms with Gasteiger partial charge in [-0.3, -0.25) is 4.79 Å². The maximum absolute atomic E-state index is 14.1. The van der Waals surface area contributed by atoms with E-state index in [-0.39, 0.29) is 5.56 Å². The highest BCUT2D eigenvalue weighted by Gasteiger charge is 2.30. The van der Waals surface area contributed by atoms with E-state index in [0.29, 0.717) is 25.5 Å². The minimum Gasteiger partial charge on any atom is -0.378 e. The van der Waals surface area contributed by atoms with Gasteiger partial charge >= 0.3 is 0 Å². The Bertz CT molecular complexity index is 754. The van der Waals surface area contributed by atoms with Crippen molar-refractivity contribution in [2.24, 2.45) is 0 Å². The van der Waals surface area contributed by atoms with E-state index in [1.807, 2.05) is 0 Å². The van der Waals surface area contributed by atoms with Crippen molar-refractivity contribution < 1.29 is 14.3 Å². The molecule has 2 N–H and O–H groups in total. The molecule has 0 saturated heterocycles. The summed E-state index contributed by atoms with van der Waals surface area (Å²) in [5, 5.41) is 12.9. The Morgan fingerprint density at radius 3 is 2.67 bits per heavy atom. The number of fused-ring (bicyclic) bond motifs is 1. The summed E-state index contributed by atoms with van der Waals surface area (Å²) < 4.78 is 14.1. The summed E-state index contributed by atoms with van der Waals surface area (Å²) in [5.74, 6) is -1.07. The summed E-state index contributed by atoms with van der Waals surface area (Å²) in [6.45, 7) is 0. The molecule has 1 unspecified atom stereocenters. The third-order valence-corrected chi connectivity index (χ3v) is 4.79. The molecular formula is C14H8Cl2FNO2S. The molecule has 0 saturated carbocycles. The number of nitrogens with one attached hydrogen (secondary N) is 1. The lowest BCUT2D eigenvalue weighted by atomic mass is 10.1. The lowest BCUT2D eigenvalue weighted by Gasteiger charge is -2.08. The van der Waals surface area contributed by atoms with Crippen molar-refractivity contribution in [3.8, 4) is 0 Å². The van der Waals surface area contributed by atoms with Crippen LogP contribution < -0.4 is 5.32 Å². The summed E-state index contributed by atoms with van der Waals surface area (Å²) >= 11 is 12.9. The molecule has 1 heterocycles. The van der Waals surface area contributed by atoms with Crippen molar-refractivity contribution in [3.63, 3.8) is 0 Å². The van der Waals surface area contributed by atoms with Gasteiger partial charge < -0.3 is 10.4 Å². The van der Waals surface area contributed by atoms with Gasteiger partial charge in [0.15, 0.2) is 6.10 Å². The number of benzene rings is 2. The highest BCUT2D eigenvalue weighted by atomic mass is 35.5. The maximum atomic E-state index is 14.1. The Morgan fingerprint density at radius 2 is 1.95 bits per heavy atom. The number of halogens is 3. The standard InChI is InChI=1S/C14H8Cl2FNO2S/c15-8-2-1-6(3-9(8)16)21-12-5-11-7(4-10(12)17)13(19)14(20)18-11/h1-5,13,19H,(H,18,20). The van der Waals surface area contributed by atoms with Crippen LogP contribution in [0.2, 0.25) is 10.0 Å². The van der Waals surface area contributed by atoms with Crippen LogP contribution in [0.1, 0.15) is 11.7 Å². The first-order valence-corrected chi connectivity index (χ1v) is 7.48. The van der Waals surface area contributed by atoms with E-state index in [0.717, 1.165) is 17.8 Å². The molecule has 3 rings (SSSR count). The second kappa shape index (κ2) is 5.50. The fourth-order valence-electron chi connectivity index (χ4n) is 1.99. The molecule has 0 bridgehead atoms. The van der Waals surface area contributed by atoms with Gasteiger partial charge in [-0.15, -0.1) is 0 Å². The van der Waals surface area contributed by atoms with Crippen LogP contribution in [0.25, 0.3) is 0 Å². The molecule has 1 amide bonds. The van der Waals surface area contributed by atoms with Crippen molar-refractivity contribution >= 4 is 46.6 Å². The molecule has 2 aromatic rings. The molecule has 3 nitrogen and oxygen atoms in total. The average molecular weight is 344 g/mol. The molecule has 0 radical (unpaired) electrons. The quantitative estimate of drug-likeness (QED) is 0.855. The topological polar surface area (TPSA) is 49.3 Å². The molecule has 1 aliphatic heterocycles. The van der Waals surface area contributed by atoms with Crippen LogP contribution >= 0.6 is 35.0 Å². The third-order valence-electron chi connectivity index (χ3n) is 3.02. The van der Waals surface area contributed by atoms with E-state index in [9.17, 15) is 14.3 Å². The Kier molecular flexibility index (Phi) is 3.84. The van der Waals surface area contributed by atoms with Crippen molar-refractivity contribution in [2.75, 3.05) is 5.32 Å². The van der Waals surface area contributed by atoms with Crippen LogP contribution in [0, 0.1) is 5.82 Å². The van der Waals surface area contributed by atoms with Crippen LogP contribution in [0.3, 0.4) is 0 Å². The predicted molar refractivity (Wildman–Crippen MR) is 80.6 cm³/mol. The van der Waals surface area contributed by atoms with E-state index in [2.05, 4.69) is 5.32 Å². The van der Waals surface area contributed by atoms with Gasteiger partial charge in [-0.05, 0) is 30.3 Å². The van der Waals surface area contributed by atoms with Crippen LogP contribution in [0.15, 0.2) is 40.1 Å². The zero-order chi connectivity index (χ0) is 15.1. The van der Waals surface area contributed by atoms with E-state index >= 15 is 0 Å². The van der Waals surface area contributed by atoms with Crippen LogP contribution in [-0.4, -0.2) is 11.0 Å². The first-order chi connectivity index (χ1) is 9.95. The number of rotatable bonds is 2. The summed E-state index contributed by atoms with van der Waals surface area (Å²) in [7, 11) is 0. The van der Waals surface area contributed by atoms with Gasteiger partial charge in [0.25, 0.3) is 5.91 Å². The molecule has 7 heteroatoms. The molecule has 1 atom stereocenters. The van der Waals surface area contributed by atoms with Crippen LogP contribution in [-0.2, 0) is 4.79 Å². The Hall–Kier alpha value is -1.27. The van der Waals surface area contributed by atoms with Gasteiger partial charge in [0.1, 0.15) is 5.82 Å². The van der Waals surface area contributed by atoms with Gasteiger partial charge in [-0.25, -0.2) is 4.39 Å². The minimum atomic E-state index is -1.32. The van der Waals surface area contributed by atoms with E-state index in [4.69, 9.17) is 23.2 Å². The Labute approximate surface area is 134 Å². The number of aliphatic hydroxyl groups is 1. The summed E-state index contributed by atoms with van der Waals surface area (Å²) in [6.07, 6.45) is -1.32. The van der Waals surface area contributed by atoms with Crippen molar-refractivity contribution in [1.29, 1.82) is 0 Å². The Balaban J connectivity index is 1.95. The summed E-state index contributed by atoms with van der Waals surface area (Å²) in [6, 6.07) is 7.64. The van der Waals surface area contributed by atoms with Crippen molar-refractivity contribution in [3.05, 3.63) is 51.8 Å². The molecule has 108 valence electrons. The second-order valence-corrected chi connectivity index (χ2v) is 6.37. The van der Waals surface area contributed by atoms with Gasteiger partial charge in [0, 0.05) is 16.1 Å². The predicted octanol–water partition coefficient (Wildman–Crippen LogP) is 4.27.